The van der Waals surface area contributed by atoms with Gasteiger partial charge >= 0.3 is 0 Å². The van der Waals surface area contributed by atoms with Crippen molar-refractivity contribution < 1.29 is 9.53 Å². The molecule has 1 aromatic carbocycles. The van der Waals surface area contributed by atoms with E-state index in [1.54, 1.807) is 12.0 Å². The van der Waals surface area contributed by atoms with E-state index in [1.807, 2.05) is 38.1 Å². The fourth-order valence-corrected chi connectivity index (χ4v) is 4.58. The summed E-state index contributed by atoms with van der Waals surface area (Å²) in [6.45, 7) is 6.50. The number of aryl methyl sites for hydroxylation is 2. The van der Waals surface area contributed by atoms with Crippen molar-refractivity contribution in [2.24, 2.45) is 0 Å². The summed E-state index contributed by atoms with van der Waals surface area (Å²) in [5.41, 5.74) is 1.97. The maximum Gasteiger partial charge on any atom is 0.294 e. The minimum atomic E-state index is -0.295. The molecule has 0 saturated carbocycles. The van der Waals surface area contributed by atoms with Crippen LogP contribution in [-0.2, 0) is 17.8 Å². The van der Waals surface area contributed by atoms with Crippen LogP contribution in [0.1, 0.15) is 17.6 Å². The van der Waals surface area contributed by atoms with Crippen LogP contribution in [0.5, 0.6) is 5.75 Å². The molecule has 0 aliphatic carbocycles. The minimum Gasteiger partial charge on any atom is -0.497 e. The monoisotopic (exact) mass is 427 g/mol. The Hall–Kier alpha value is -2.94. The van der Waals surface area contributed by atoms with Crippen molar-refractivity contribution in [3.63, 3.8) is 0 Å². The van der Waals surface area contributed by atoms with Crippen molar-refractivity contribution in [3.05, 3.63) is 45.3 Å². The summed E-state index contributed by atoms with van der Waals surface area (Å²) in [4.78, 5) is 34.1. The normalized spacial score (nSPS) is 14.4. The van der Waals surface area contributed by atoms with Gasteiger partial charge in [0.15, 0.2) is 5.52 Å². The molecule has 30 heavy (non-hydrogen) atoms. The Morgan fingerprint density at radius 3 is 2.50 bits per heavy atom. The zero-order chi connectivity index (χ0) is 21.3. The topological polar surface area (TPSA) is 80.6 Å². The second kappa shape index (κ2) is 8.43. The molecule has 0 radical (unpaired) electrons. The number of benzene rings is 1. The third kappa shape index (κ3) is 3.89. The van der Waals surface area contributed by atoms with Crippen LogP contribution in [-0.4, -0.2) is 58.9 Å². The fourth-order valence-electron chi connectivity index (χ4n) is 3.64. The van der Waals surface area contributed by atoms with Gasteiger partial charge in [-0.15, -0.1) is 11.3 Å². The van der Waals surface area contributed by atoms with E-state index in [1.165, 1.54) is 16.0 Å². The second-order valence-corrected chi connectivity index (χ2v) is 8.34. The van der Waals surface area contributed by atoms with Gasteiger partial charge in [-0.05, 0) is 37.6 Å². The molecular weight excluding hydrogens is 402 g/mol. The van der Waals surface area contributed by atoms with E-state index in [0.29, 0.717) is 18.6 Å². The highest BCUT2D eigenvalue weighted by atomic mass is 32.1. The molecule has 0 N–H and O–H groups in total. The highest BCUT2D eigenvalue weighted by Crippen LogP contribution is 2.22. The van der Waals surface area contributed by atoms with Crippen molar-refractivity contribution in [1.29, 1.82) is 0 Å². The molecule has 3 heterocycles. The fraction of sp³-hybridized carbons (Fsp3) is 0.429. The van der Waals surface area contributed by atoms with Crippen LogP contribution in [0, 0.1) is 6.92 Å². The smallest absolute Gasteiger partial charge is 0.294 e. The summed E-state index contributed by atoms with van der Waals surface area (Å²) >= 11 is 1.50. The molecule has 158 valence electrons. The van der Waals surface area contributed by atoms with E-state index in [0.717, 1.165) is 46.3 Å². The highest BCUT2D eigenvalue weighted by molar-refractivity contribution is 7.18. The third-order valence-electron chi connectivity index (χ3n) is 5.37. The van der Waals surface area contributed by atoms with Gasteiger partial charge in [0, 0.05) is 31.9 Å². The zero-order valence-electron chi connectivity index (χ0n) is 17.4. The van der Waals surface area contributed by atoms with Gasteiger partial charge in [0.1, 0.15) is 12.3 Å². The van der Waals surface area contributed by atoms with Crippen LogP contribution < -0.4 is 15.2 Å². The van der Waals surface area contributed by atoms with Crippen molar-refractivity contribution in [1.82, 2.24) is 19.7 Å². The Kier molecular flexibility index (Phi) is 5.72. The number of amides is 1. The summed E-state index contributed by atoms with van der Waals surface area (Å²) in [6.07, 6.45) is 0.773. The standard InChI is InChI=1S/C21H25N5O3S/c1-4-17-22-19-20(30-17)14(2)23-26(21(19)28)13-18(27)25-11-9-24(10-12-25)15-5-7-16(29-3)8-6-15/h5-8H,4,9-13H2,1-3H3. The molecule has 0 bridgehead atoms. The van der Waals surface area contributed by atoms with Gasteiger partial charge in [0.25, 0.3) is 5.56 Å². The van der Waals surface area contributed by atoms with E-state index in [4.69, 9.17) is 4.74 Å². The number of piperazine rings is 1. The second-order valence-electron chi connectivity index (χ2n) is 7.25. The number of carbonyl (C=O) groups excluding carboxylic acids is 1. The number of ether oxygens (including phenoxy) is 1. The van der Waals surface area contributed by atoms with E-state index in [9.17, 15) is 9.59 Å². The number of methoxy groups -OCH3 is 1. The van der Waals surface area contributed by atoms with Gasteiger partial charge in [-0.1, -0.05) is 6.92 Å². The van der Waals surface area contributed by atoms with E-state index < -0.39 is 0 Å². The number of nitrogens with zero attached hydrogens (tertiary/aromatic N) is 5. The van der Waals surface area contributed by atoms with Crippen LogP contribution >= 0.6 is 11.3 Å². The van der Waals surface area contributed by atoms with Gasteiger partial charge in [0.05, 0.1) is 22.5 Å². The van der Waals surface area contributed by atoms with Gasteiger partial charge in [0.2, 0.25) is 5.91 Å². The molecule has 8 nitrogen and oxygen atoms in total. The first-order valence-electron chi connectivity index (χ1n) is 10.0. The van der Waals surface area contributed by atoms with Gasteiger partial charge in [-0.3, -0.25) is 9.59 Å². The average Bonchev–Trinajstić information content (AvgIpc) is 3.23. The number of hydrogen-bond acceptors (Lipinski definition) is 7. The maximum absolute atomic E-state index is 12.8. The Morgan fingerprint density at radius 2 is 1.87 bits per heavy atom. The number of aromatic nitrogens is 3. The Morgan fingerprint density at radius 1 is 1.17 bits per heavy atom. The van der Waals surface area contributed by atoms with E-state index in [2.05, 4.69) is 15.0 Å². The first kappa shape index (κ1) is 20.3. The number of rotatable bonds is 5. The minimum absolute atomic E-state index is 0.0584. The van der Waals surface area contributed by atoms with E-state index >= 15 is 0 Å². The predicted molar refractivity (Wildman–Crippen MR) is 118 cm³/mol. The number of hydrogen-bond donors (Lipinski definition) is 0. The molecule has 1 saturated heterocycles. The summed E-state index contributed by atoms with van der Waals surface area (Å²) in [6, 6.07) is 7.92. The highest BCUT2D eigenvalue weighted by Gasteiger charge is 2.23. The molecular formula is C21H25N5O3S. The predicted octanol–water partition coefficient (Wildman–Crippen LogP) is 2.08. The molecule has 3 aromatic rings. The molecule has 0 unspecified atom stereocenters. The maximum atomic E-state index is 12.8. The SMILES string of the molecule is CCc1nc2c(=O)n(CC(=O)N3CCN(c4ccc(OC)cc4)CC3)nc(C)c2s1. The number of anilines is 1. The molecule has 1 fully saturated rings. The molecule has 1 aliphatic heterocycles. The van der Waals surface area contributed by atoms with Crippen molar-refractivity contribution in [2.75, 3.05) is 38.2 Å². The van der Waals surface area contributed by atoms with Crippen LogP contribution in [0.2, 0.25) is 0 Å². The molecule has 2 aromatic heterocycles. The molecule has 1 amide bonds. The van der Waals surface area contributed by atoms with Crippen molar-refractivity contribution in [2.45, 2.75) is 26.8 Å². The Labute approximate surface area is 178 Å². The molecule has 0 spiro atoms. The third-order valence-corrected chi connectivity index (χ3v) is 6.67. The summed E-state index contributed by atoms with van der Waals surface area (Å²) in [5, 5.41) is 5.28. The lowest BCUT2D eigenvalue weighted by Gasteiger charge is -2.36. The quantitative estimate of drug-likeness (QED) is 0.620. The van der Waals surface area contributed by atoms with Crippen LogP contribution in [0.25, 0.3) is 10.2 Å². The average molecular weight is 428 g/mol. The number of thiazole rings is 1. The lowest BCUT2D eigenvalue weighted by molar-refractivity contribution is -0.132. The molecule has 1 aliphatic rings. The van der Waals surface area contributed by atoms with Gasteiger partial charge < -0.3 is 14.5 Å². The Bertz CT molecular complexity index is 1110. The van der Waals surface area contributed by atoms with Crippen LogP contribution in [0.3, 0.4) is 0 Å². The number of carbonyl (C=O) groups is 1. The Balaban J connectivity index is 1.43. The van der Waals surface area contributed by atoms with Gasteiger partial charge in [-0.25, -0.2) is 9.67 Å². The van der Waals surface area contributed by atoms with Crippen LogP contribution in [0.15, 0.2) is 29.1 Å². The first-order valence-corrected chi connectivity index (χ1v) is 10.9. The van der Waals surface area contributed by atoms with Crippen LogP contribution in [0.4, 0.5) is 5.69 Å². The van der Waals surface area contributed by atoms with Gasteiger partial charge in [-0.2, -0.15) is 5.10 Å². The lowest BCUT2D eigenvalue weighted by atomic mass is 10.2. The largest absolute Gasteiger partial charge is 0.497 e. The van der Waals surface area contributed by atoms with Crippen molar-refractivity contribution >= 4 is 33.1 Å². The molecule has 4 rings (SSSR count). The van der Waals surface area contributed by atoms with Crippen molar-refractivity contribution in [3.8, 4) is 5.75 Å². The summed E-state index contributed by atoms with van der Waals surface area (Å²) in [7, 11) is 1.65. The van der Waals surface area contributed by atoms with E-state index in [-0.39, 0.29) is 18.0 Å². The summed E-state index contributed by atoms with van der Waals surface area (Å²) in [5.74, 6) is 0.729. The molecule has 0 atom stereocenters. The molecule has 9 heteroatoms. The lowest BCUT2D eigenvalue weighted by Crippen LogP contribution is -2.50. The summed E-state index contributed by atoms with van der Waals surface area (Å²) < 4.78 is 7.28. The number of fused-ring (bicyclic) bond motifs is 1. The first-order chi connectivity index (χ1) is 14.5. The zero-order valence-corrected chi connectivity index (χ0v) is 18.2.